The second-order valence-electron chi connectivity index (χ2n) is 8.87. The Morgan fingerprint density at radius 2 is 1.91 bits per heavy atom. The number of hydrogen-bond donors (Lipinski definition) is 2. The van der Waals surface area contributed by atoms with Gasteiger partial charge in [-0.3, -0.25) is 4.79 Å². The number of nitriles is 1. The number of ether oxygens (including phenoxy) is 1. The van der Waals surface area contributed by atoms with E-state index in [0.717, 1.165) is 36.3 Å². The fraction of sp³-hybridized carbons (Fsp3) is 0.321. The summed E-state index contributed by atoms with van der Waals surface area (Å²) < 4.78 is 5.45. The lowest BCUT2D eigenvalue weighted by atomic mass is 9.98. The summed E-state index contributed by atoms with van der Waals surface area (Å²) in [7, 11) is 1.74. The largest absolute Gasteiger partial charge is 0.380 e. The summed E-state index contributed by atoms with van der Waals surface area (Å²) in [6, 6.07) is 22.7. The summed E-state index contributed by atoms with van der Waals surface area (Å²) in [6.45, 7) is 4.48. The van der Waals surface area contributed by atoms with E-state index in [-0.39, 0.29) is 17.9 Å². The minimum absolute atomic E-state index is 0.163. The van der Waals surface area contributed by atoms with Gasteiger partial charge in [0, 0.05) is 26.7 Å². The first-order valence-corrected chi connectivity index (χ1v) is 11.9. The monoisotopic (exact) mass is 469 g/mol. The Morgan fingerprint density at radius 3 is 2.54 bits per heavy atom. The molecule has 0 radical (unpaired) electrons. The highest BCUT2D eigenvalue weighted by molar-refractivity contribution is 5.94. The Hall–Kier alpha value is -3.73. The molecular weight excluding hydrogens is 438 g/mol. The molecule has 2 heterocycles. The topological polar surface area (TPSA) is 90.3 Å². The number of amides is 1. The zero-order valence-corrected chi connectivity index (χ0v) is 20.1. The number of nitrogens with one attached hydrogen (secondary N) is 2. The highest BCUT2D eigenvalue weighted by atomic mass is 16.5. The van der Waals surface area contributed by atoms with Gasteiger partial charge in [-0.15, -0.1) is 0 Å². The molecule has 3 aromatic rings. The van der Waals surface area contributed by atoms with E-state index in [4.69, 9.17) is 10.00 Å². The van der Waals surface area contributed by atoms with E-state index >= 15 is 0 Å². The van der Waals surface area contributed by atoms with E-state index in [1.807, 2.05) is 66.7 Å². The van der Waals surface area contributed by atoms with Crippen LogP contribution in [0, 0.1) is 11.3 Å². The fourth-order valence-corrected chi connectivity index (χ4v) is 4.31. The van der Waals surface area contributed by atoms with E-state index in [0.29, 0.717) is 17.9 Å². The van der Waals surface area contributed by atoms with Gasteiger partial charge in [0.15, 0.2) is 0 Å². The lowest BCUT2D eigenvalue weighted by Gasteiger charge is -2.22. The van der Waals surface area contributed by atoms with Crippen LogP contribution in [0.4, 0.5) is 11.5 Å². The van der Waals surface area contributed by atoms with Gasteiger partial charge in [0.1, 0.15) is 11.9 Å². The molecule has 180 valence electrons. The molecule has 0 saturated carbocycles. The van der Waals surface area contributed by atoms with Crippen LogP contribution in [0.25, 0.3) is 0 Å². The van der Waals surface area contributed by atoms with Crippen LogP contribution in [0.2, 0.25) is 0 Å². The van der Waals surface area contributed by atoms with Gasteiger partial charge in [-0.1, -0.05) is 49.4 Å². The summed E-state index contributed by atoms with van der Waals surface area (Å²) in [5.74, 6) is 0.517. The molecule has 7 nitrogen and oxygen atoms in total. The summed E-state index contributed by atoms with van der Waals surface area (Å²) >= 11 is 0. The molecule has 1 saturated heterocycles. The third-order valence-corrected chi connectivity index (χ3v) is 6.47. The third kappa shape index (κ3) is 6.24. The molecule has 0 unspecified atom stereocenters. The number of nitrogens with zero attached hydrogens (tertiary/aromatic N) is 3. The zero-order valence-electron chi connectivity index (χ0n) is 20.1. The molecule has 1 aliphatic heterocycles. The first-order chi connectivity index (χ1) is 17.1. The minimum atomic E-state index is -0.528. The lowest BCUT2D eigenvalue weighted by molar-refractivity contribution is -0.118. The number of hydrogen-bond acceptors (Lipinski definition) is 6. The number of anilines is 2. The number of rotatable bonds is 9. The number of carbonyl (C=O) groups excluding carboxylic acids is 1. The van der Waals surface area contributed by atoms with Crippen LogP contribution >= 0.6 is 0 Å². The first-order valence-electron chi connectivity index (χ1n) is 11.9. The molecule has 1 aliphatic rings. The zero-order chi connectivity index (χ0) is 24.6. The second-order valence-corrected chi connectivity index (χ2v) is 8.87. The summed E-state index contributed by atoms with van der Waals surface area (Å²) in [4.78, 5) is 20.0. The molecule has 1 amide bonds. The van der Waals surface area contributed by atoms with Crippen LogP contribution in [0.5, 0.6) is 0 Å². The van der Waals surface area contributed by atoms with Crippen molar-refractivity contribution in [1.82, 2.24) is 10.3 Å². The number of carbonyl (C=O) groups is 1. The van der Waals surface area contributed by atoms with Crippen LogP contribution in [0.3, 0.4) is 0 Å². The molecule has 0 spiro atoms. The standard InChI is InChI=1S/C28H31N5O2/c1-20(22-10-8-21(16-29)9-11-22)17-31-27(23-6-4-3-5-7-23)28(34)32-26-13-12-24(18-30-26)33-15-14-25(19-33)35-2/h3-13,18,20,25,27,31H,14-15,17,19H2,1-2H3,(H,30,32,34)/t20-,25-,27+/m0/s1. The van der Waals surface area contributed by atoms with E-state index < -0.39 is 6.04 Å². The molecule has 1 fully saturated rings. The Bertz CT molecular complexity index is 1140. The van der Waals surface area contributed by atoms with Crippen molar-refractivity contribution in [2.24, 2.45) is 0 Å². The summed E-state index contributed by atoms with van der Waals surface area (Å²) in [5, 5.41) is 15.4. The van der Waals surface area contributed by atoms with Gasteiger partial charge < -0.3 is 20.3 Å². The lowest BCUT2D eigenvalue weighted by Crippen LogP contribution is -2.35. The molecule has 4 rings (SSSR count). The predicted octanol–water partition coefficient (Wildman–Crippen LogP) is 4.25. The summed E-state index contributed by atoms with van der Waals surface area (Å²) in [6.07, 6.45) is 3.05. The first kappa shape index (κ1) is 24.4. The van der Waals surface area contributed by atoms with Crippen LogP contribution < -0.4 is 15.5 Å². The van der Waals surface area contributed by atoms with Gasteiger partial charge in [-0.05, 0) is 47.7 Å². The van der Waals surface area contributed by atoms with Crippen molar-refractivity contribution in [1.29, 1.82) is 5.26 Å². The molecule has 2 N–H and O–H groups in total. The Kier molecular flexibility index (Phi) is 8.09. The maximum Gasteiger partial charge on any atom is 0.247 e. The Morgan fingerprint density at radius 1 is 1.14 bits per heavy atom. The molecule has 0 bridgehead atoms. The van der Waals surface area contributed by atoms with Crippen LogP contribution in [-0.2, 0) is 9.53 Å². The van der Waals surface area contributed by atoms with Crippen molar-refractivity contribution >= 4 is 17.4 Å². The molecule has 1 aromatic heterocycles. The van der Waals surface area contributed by atoms with E-state index in [1.165, 1.54) is 0 Å². The number of aromatic nitrogens is 1. The molecular formula is C28H31N5O2. The normalized spacial score (nSPS) is 16.9. The van der Waals surface area contributed by atoms with Gasteiger partial charge in [-0.25, -0.2) is 4.98 Å². The highest BCUT2D eigenvalue weighted by Gasteiger charge is 2.24. The SMILES string of the molecule is CO[C@H]1CCN(c2ccc(NC(=O)[C@H](NC[C@H](C)c3ccc(C#N)cc3)c3ccccc3)nc2)C1. The van der Waals surface area contributed by atoms with Crippen molar-refractivity contribution in [2.75, 3.05) is 37.0 Å². The quantitative estimate of drug-likeness (QED) is 0.487. The van der Waals surface area contributed by atoms with Crippen LogP contribution in [0.1, 0.15) is 42.0 Å². The smallest absolute Gasteiger partial charge is 0.247 e. The average molecular weight is 470 g/mol. The molecule has 3 atom stereocenters. The van der Waals surface area contributed by atoms with E-state index in [9.17, 15) is 4.79 Å². The molecule has 35 heavy (non-hydrogen) atoms. The number of pyridine rings is 1. The van der Waals surface area contributed by atoms with Crippen molar-refractivity contribution in [2.45, 2.75) is 31.4 Å². The van der Waals surface area contributed by atoms with Gasteiger partial charge in [0.25, 0.3) is 0 Å². The van der Waals surface area contributed by atoms with E-state index in [2.05, 4.69) is 33.5 Å². The maximum atomic E-state index is 13.3. The second kappa shape index (κ2) is 11.6. The van der Waals surface area contributed by atoms with Crippen molar-refractivity contribution in [3.63, 3.8) is 0 Å². The van der Waals surface area contributed by atoms with Gasteiger partial charge >= 0.3 is 0 Å². The van der Waals surface area contributed by atoms with Gasteiger partial charge in [-0.2, -0.15) is 5.26 Å². The minimum Gasteiger partial charge on any atom is -0.380 e. The number of methoxy groups -OCH3 is 1. The summed E-state index contributed by atoms with van der Waals surface area (Å²) in [5.41, 5.74) is 3.66. The van der Waals surface area contributed by atoms with Gasteiger partial charge in [0.05, 0.1) is 29.6 Å². The Labute approximate surface area is 206 Å². The Balaban J connectivity index is 1.42. The maximum absolute atomic E-state index is 13.3. The average Bonchev–Trinajstić information content (AvgIpc) is 3.39. The highest BCUT2D eigenvalue weighted by Crippen LogP contribution is 2.23. The third-order valence-electron chi connectivity index (χ3n) is 6.47. The molecule has 2 aromatic carbocycles. The molecule has 0 aliphatic carbocycles. The van der Waals surface area contributed by atoms with Crippen LogP contribution in [-0.4, -0.2) is 43.7 Å². The van der Waals surface area contributed by atoms with Crippen molar-refractivity contribution in [3.8, 4) is 6.07 Å². The predicted molar refractivity (Wildman–Crippen MR) is 137 cm³/mol. The fourth-order valence-electron chi connectivity index (χ4n) is 4.31. The van der Waals surface area contributed by atoms with Crippen molar-refractivity contribution in [3.05, 3.63) is 89.6 Å². The van der Waals surface area contributed by atoms with Crippen molar-refractivity contribution < 1.29 is 9.53 Å². The molecule has 7 heteroatoms. The van der Waals surface area contributed by atoms with Crippen LogP contribution in [0.15, 0.2) is 72.9 Å². The van der Waals surface area contributed by atoms with Gasteiger partial charge in [0.2, 0.25) is 5.91 Å². The van der Waals surface area contributed by atoms with E-state index in [1.54, 1.807) is 13.3 Å². The number of benzene rings is 2.